The van der Waals surface area contributed by atoms with Gasteiger partial charge in [0.2, 0.25) is 0 Å². The lowest BCUT2D eigenvalue weighted by molar-refractivity contribution is 1.09. The number of rotatable bonds is 0. The monoisotopic (exact) mass is 216 g/mol. The minimum Gasteiger partial charge on any atom is -0.339 e. The zero-order valence-corrected chi connectivity index (χ0v) is 8.87. The van der Waals surface area contributed by atoms with E-state index in [9.17, 15) is 4.79 Å². The first-order valence-electron chi connectivity index (χ1n) is 3.86. The molecule has 0 saturated carbocycles. The Morgan fingerprint density at radius 3 is 2.53 bits per heavy atom. The molecule has 0 atom stereocenters. The van der Waals surface area contributed by atoms with Crippen molar-refractivity contribution in [3.8, 4) is 36.0 Å². The summed E-state index contributed by atoms with van der Waals surface area (Å²) in [5.74, 6) is 12.0. The molecule has 0 aliphatic carbocycles. The highest BCUT2D eigenvalue weighted by molar-refractivity contribution is 7.71. The number of H-pyrrole nitrogens is 2. The molecule has 15 heavy (non-hydrogen) atoms. The van der Waals surface area contributed by atoms with Gasteiger partial charge < -0.3 is 4.98 Å². The van der Waals surface area contributed by atoms with Crippen LogP contribution >= 0.6 is 12.2 Å². The third kappa shape index (κ3) is 8.12. The molecule has 0 aliphatic rings. The van der Waals surface area contributed by atoms with E-state index in [4.69, 9.17) is 6.42 Å². The van der Waals surface area contributed by atoms with E-state index < -0.39 is 0 Å². The smallest absolute Gasteiger partial charge is 0.251 e. The van der Waals surface area contributed by atoms with Crippen molar-refractivity contribution in [3.05, 3.63) is 27.4 Å². The maximum absolute atomic E-state index is 10.3. The van der Waals surface area contributed by atoms with Crippen LogP contribution in [0.25, 0.3) is 0 Å². The third-order valence-electron chi connectivity index (χ3n) is 1.01. The highest BCUT2D eigenvalue weighted by atomic mass is 32.1. The fourth-order valence-corrected chi connectivity index (χ4v) is 0.681. The molecule has 3 nitrogen and oxygen atoms in total. The summed E-state index contributed by atoms with van der Waals surface area (Å²) in [6.45, 7) is 1.71. The Morgan fingerprint density at radius 1 is 1.40 bits per heavy atom. The molecule has 0 radical (unpaired) electrons. The van der Waals surface area contributed by atoms with E-state index in [0.29, 0.717) is 4.77 Å². The van der Waals surface area contributed by atoms with Crippen molar-refractivity contribution in [1.82, 2.24) is 9.97 Å². The summed E-state index contributed by atoms with van der Waals surface area (Å²) in [6.07, 6.45) is 6.28. The normalized spacial score (nSPS) is 6.40. The lowest BCUT2D eigenvalue weighted by atomic mass is 10.5. The van der Waals surface area contributed by atoms with Gasteiger partial charge >= 0.3 is 0 Å². The van der Waals surface area contributed by atoms with Crippen LogP contribution in [-0.2, 0) is 0 Å². The lowest BCUT2D eigenvalue weighted by Gasteiger charge is -1.78. The van der Waals surface area contributed by atoms with Gasteiger partial charge in [0.15, 0.2) is 4.77 Å². The zero-order chi connectivity index (χ0) is 11.5. The van der Waals surface area contributed by atoms with Crippen molar-refractivity contribution in [2.24, 2.45) is 0 Å². The molecule has 2 N–H and O–H groups in total. The van der Waals surface area contributed by atoms with Crippen molar-refractivity contribution < 1.29 is 0 Å². The van der Waals surface area contributed by atoms with E-state index in [2.05, 4.69) is 51.8 Å². The second kappa shape index (κ2) is 8.38. The van der Waals surface area contributed by atoms with Crippen LogP contribution in [0.15, 0.2) is 17.1 Å². The average Bonchev–Trinajstić information content (AvgIpc) is 2.19. The molecule has 0 aromatic carbocycles. The maximum Gasteiger partial charge on any atom is 0.251 e. The molecular weight excluding hydrogens is 208 g/mol. The van der Waals surface area contributed by atoms with Crippen LogP contribution in [0.1, 0.15) is 6.92 Å². The number of aromatic amines is 2. The fourth-order valence-electron chi connectivity index (χ4n) is 0.513. The highest BCUT2D eigenvalue weighted by Crippen LogP contribution is 1.67. The predicted molar refractivity (Wildman–Crippen MR) is 62.3 cm³/mol. The summed E-state index contributed by atoms with van der Waals surface area (Å²) >= 11 is 4.59. The van der Waals surface area contributed by atoms with Crippen molar-refractivity contribution in [2.75, 3.05) is 0 Å². The Morgan fingerprint density at radius 2 is 2.13 bits per heavy atom. The van der Waals surface area contributed by atoms with Gasteiger partial charge in [0.05, 0.1) is 0 Å². The van der Waals surface area contributed by atoms with E-state index in [1.54, 1.807) is 6.92 Å². The Bertz CT molecular complexity index is 542. The Kier molecular flexibility index (Phi) is 7.14. The van der Waals surface area contributed by atoms with Crippen LogP contribution in [0, 0.1) is 40.8 Å². The number of aromatic nitrogens is 2. The van der Waals surface area contributed by atoms with Crippen molar-refractivity contribution in [3.63, 3.8) is 0 Å². The second-order valence-corrected chi connectivity index (χ2v) is 2.47. The number of hydrogen-bond donors (Lipinski definition) is 2. The van der Waals surface area contributed by atoms with Gasteiger partial charge in [-0.15, -0.1) is 6.42 Å². The van der Waals surface area contributed by atoms with Crippen LogP contribution in [0.3, 0.4) is 0 Å². The fraction of sp³-hybridized carbons (Fsp3) is 0.0909. The molecule has 1 heterocycles. The summed E-state index contributed by atoms with van der Waals surface area (Å²) in [7, 11) is 0. The summed E-state index contributed by atoms with van der Waals surface area (Å²) in [4.78, 5) is 15.4. The number of terminal acetylenes is 1. The van der Waals surface area contributed by atoms with Gasteiger partial charge in [0, 0.05) is 12.3 Å². The van der Waals surface area contributed by atoms with Crippen LogP contribution in [0.5, 0.6) is 0 Å². The molecule has 1 aromatic rings. The largest absolute Gasteiger partial charge is 0.339 e. The second-order valence-electron chi connectivity index (χ2n) is 2.07. The van der Waals surface area contributed by atoms with Gasteiger partial charge in [-0.3, -0.25) is 9.78 Å². The molecule has 0 amide bonds. The van der Waals surface area contributed by atoms with Crippen LogP contribution < -0.4 is 5.56 Å². The molecular formula is C11H8N2OS. The standard InChI is InChI=1S/C7H4.C4H4N2OS/c1-3-5-7-6-4-2;7-3-1-2-5-4(8)6-3/h1H,2H3;1-2H,(H2,5,6,7,8). The molecule has 0 fully saturated rings. The van der Waals surface area contributed by atoms with Gasteiger partial charge in [-0.05, 0) is 42.8 Å². The van der Waals surface area contributed by atoms with Crippen molar-refractivity contribution in [2.45, 2.75) is 6.92 Å². The maximum atomic E-state index is 10.3. The van der Waals surface area contributed by atoms with E-state index >= 15 is 0 Å². The van der Waals surface area contributed by atoms with E-state index in [-0.39, 0.29) is 5.56 Å². The molecule has 0 bridgehead atoms. The van der Waals surface area contributed by atoms with Crippen molar-refractivity contribution in [1.29, 1.82) is 0 Å². The van der Waals surface area contributed by atoms with Crippen molar-refractivity contribution >= 4 is 12.2 Å². The number of nitrogens with one attached hydrogen (secondary N) is 2. The minimum absolute atomic E-state index is 0.172. The predicted octanol–water partition coefficient (Wildman–Crippen LogP) is 1.08. The first-order chi connectivity index (χ1) is 7.20. The topological polar surface area (TPSA) is 48.6 Å². The molecule has 0 unspecified atom stereocenters. The van der Waals surface area contributed by atoms with Gasteiger partial charge in [-0.2, -0.15) is 0 Å². The summed E-state index contributed by atoms with van der Waals surface area (Å²) in [6, 6.07) is 1.37. The SMILES string of the molecule is C#CC#CC#CC.O=c1cc[nH]c(=S)[nH]1. The van der Waals surface area contributed by atoms with Gasteiger partial charge in [-0.1, -0.05) is 5.92 Å². The van der Waals surface area contributed by atoms with Gasteiger partial charge in [-0.25, -0.2) is 0 Å². The average molecular weight is 216 g/mol. The van der Waals surface area contributed by atoms with Gasteiger partial charge in [0.25, 0.3) is 5.56 Å². The molecule has 0 saturated heterocycles. The molecule has 74 valence electrons. The third-order valence-corrected chi connectivity index (χ3v) is 1.23. The zero-order valence-electron chi connectivity index (χ0n) is 8.05. The van der Waals surface area contributed by atoms with Crippen LogP contribution in [0.2, 0.25) is 0 Å². The molecule has 0 spiro atoms. The minimum atomic E-state index is -0.172. The van der Waals surface area contributed by atoms with E-state index in [1.807, 2.05) is 0 Å². The number of hydrogen-bond acceptors (Lipinski definition) is 2. The summed E-state index contributed by atoms with van der Waals surface area (Å²) in [5, 5.41) is 0. The Labute approximate surface area is 92.9 Å². The molecule has 1 rings (SSSR count). The molecule has 1 aromatic heterocycles. The first kappa shape index (κ1) is 12.8. The molecule has 4 heteroatoms. The van der Waals surface area contributed by atoms with E-state index in [0.717, 1.165) is 0 Å². The lowest BCUT2D eigenvalue weighted by Crippen LogP contribution is -2.02. The van der Waals surface area contributed by atoms with Crippen LogP contribution in [-0.4, -0.2) is 9.97 Å². The first-order valence-corrected chi connectivity index (χ1v) is 4.27. The van der Waals surface area contributed by atoms with Crippen LogP contribution in [0.4, 0.5) is 0 Å². The molecule has 0 aliphatic heterocycles. The Hall–Kier alpha value is -2.22. The summed E-state index contributed by atoms with van der Waals surface area (Å²) < 4.78 is 0.359. The van der Waals surface area contributed by atoms with E-state index in [1.165, 1.54) is 12.3 Å². The van der Waals surface area contributed by atoms with Gasteiger partial charge in [0.1, 0.15) is 0 Å². The summed E-state index contributed by atoms with van der Waals surface area (Å²) in [5.41, 5.74) is -0.172. The highest BCUT2D eigenvalue weighted by Gasteiger charge is 1.74. The Balaban J connectivity index is 0.000000265. The quantitative estimate of drug-likeness (QED) is 0.503.